The number of aryl methyl sites for hydroxylation is 1. The summed E-state index contributed by atoms with van der Waals surface area (Å²) in [6, 6.07) is 10.9. The second-order valence-corrected chi connectivity index (χ2v) is 10.1. The van der Waals surface area contributed by atoms with Crippen molar-refractivity contribution < 1.29 is 17.9 Å². The summed E-state index contributed by atoms with van der Waals surface area (Å²) in [7, 11) is -2.13. The number of rotatable bonds is 7. The van der Waals surface area contributed by atoms with E-state index in [0.29, 0.717) is 22.6 Å². The van der Waals surface area contributed by atoms with Gasteiger partial charge in [0.25, 0.3) is 0 Å². The summed E-state index contributed by atoms with van der Waals surface area (Å²) >= 11 is 0. The highest BCUT2D eigenvalue weighted by atomic mass is 32.2. The van der Waals surface area contributed by atoms with Crippen LogP contribution < -0.4 is 14.2 Å². The summed E-state index contributed by atoms with van der Waals surface area (Å²) in [5.41, 5.74) is 2.06. The molecule has 0 aliphatic carbocycles. The van der Waals surface area contributed by atoms with Crippen LogP contribution in [-0.4, -0.2) is 21.1 Å². The first-order chi connectivity index (χ1) is 14.2. The van der Waals surface area contributed by atoms with Crippen molar-refractivity contribution in [2.45, 2.75) is 76.3 Å². The molecule has 1 atom stereocenters. The van der Waals surface area contributed by atoms with E-state index < -0.39 is 10.0 Å². The molecule has 1 aliphatic heterocycles. The van der Waals surface area contributed by atoms with Gasteiger partial charge in [-0.1, -0.05) is 45.9 Å². The Morgan fingerprint density at radius 2 is 1.87 bits per heavy atom. The Morgan fingerprint density at radius 3 is 2.47 bits per heavy atom. The highest BCUT2D eigenvalue weighted by molar-refractivity contribution is 7.89. The molecule has 2 aromatic rings. The van der Waals surface area contributed by atoms with Gasteiger partial charge in [0.2, 0.25) is 10.0 Å². The van der Waals surface area contributed by atoms with Crippen molar-refractivity contribution in [3.63, 3.8) is 0 Å². The molecular formula is C24H33NO4S. The van der Waals surface area contributed by atoms with Gasteiger partial charge in [-0.25, -0.2) is 13.1 Å². The molecule has 0 radical (unpaired) electrons. The smallest absolute Gasteiger partial charge is 0.241 e. The lowest BCUT2D eigenvalue weighted by molar-refractivity contribution is 0.0260. The summed E-state index contributed by atoms with van der Waals surface area (Å²) in [6.45, 7) is 10.0. The Labute approximate surface area is 180 Å². The van der Waals surface area contributed by atoms with E-state index >= 15 is 0 Å². The molecule has 0 aromatic heterocycles. The van der Waals surface area contributed by atoms with E-state index in [0.717, 1.165) is 29.7 Å². The van der Waals surface area contributed by atoms with Crippen molar-refractivity contribution in [2.24, 2.45) is 0 Å². The summed E-state index contributed by atoms with van der Waals surface area (Å²) in [6.07, 6.45) is 2.23. The first kappa shape index (κ1) is 22.6. The number of hydrogen-bond donors (Lipinski definition) is 1. The van der Waals surface area contributed by atoms with Crippen molar-refractivity contribution in [1.82, 2.24) is 4.72 Å². The topological polar surface area (TPSA) is 64.6 Å². The highest BCUT2D eigenvalue weighted by Gasteiger charge is 2.40. The molecule has 0 amide bonds. The van der Waals surface area contributed by atoms with Gasteiger partial charge in [0.1, 0.15) is 17.1 Å². The minimum atomic E-state index is -3.74. The fourth-order valence-electron chi connectivity index (χ4n) is 4.25. The average molecular weight is 432 g/mol. The summed E-state index contributed by atoms with van der Waals surface area (Å²) in [4.78, 5) is 0.301. The number of nitrogens with one attached hydrogen (secondary N) is 1. The van der Waals surface area contributed by atoms with Gasteiger partial charge < -0.3 is 9.47 Å². The fraction of sp³-hybridized carbons (Fsp3) is 0.500. The van der Waals surface area contributed by atoms with Crippen molar-refractivity contribution >= 4 is 10.0 Å². The van der Waals surface area contributed by atoms with Gasteiger partial charge in [-0.05, 0) is 55.0 Å². The zero-order chi connectivity index (χ0) is 22.1. The number of benzene rings is 2. The van der Waals surface area contributed by atoms with Crippen molar-refractivity contribution in [3.05, 3.63) is 53.1 Å². The Hall–Kier alpha value is -2.05. The molecule has 164 valence electrons. The number of ether oxygens (including phenoxy) is 2. The maximum Gasteiger partial charge on any atom is 0.241 e. The van der Waals surface area contributed by atoms with Crippen LogP contribution in [0.4, 0.5) is 0 Å². The molecule has 2 aromatic carbocycles. The molecule has 0 spiro atoms. The Balaban J connectivity index is 2.04. The van der Waals surface area contributed by atoms with Crippen LogP contribution in [0, 0.1) is 6.92 Å². The van der Waals surface area contributed by atoms with E-state index in [-0.39, 0.29) is 17.6 Å². The zero-order valence-corrected chi connectivity index (χ0v) is 19.6. The predicted molar refractivity (Wildman–Crippen MR) is 120 cm³/mol. The first-order valence-electron chi connectivity index (χ1n) is 10.6. The van der Waals surface area contributed by atoms with Crippen LogP contribution in [0.25, 0.3) is 0 Å². The lowest BCUT2D eigenvalue weighted by atomic mass is 9.84. The molecule has 0 bridgehead atoms. The third-order valence-corrected chi connectivity index (χ3v) is 7.84. The van der Waals surface area contributed by atoms with Crippen molar-refractivity contribution in [3.8, 4) is 11.5 Å². The summed E-state index contributed by atoms with van der Waals surface area (Å²) in [5, 5.41) is 0. The predicted octanol–water partition coefficient (Wildman–Crippen LogP) is 5.49. The molecule has 0 fully saturated rings. The van der Waals surface area contributed by atoms with Crippen LogP contribution in [0.5, 0.6) is 11.5 Å². The van der Waals surface area contributed by atoms with Gasteiger partial charge in [0.05, 0.1) is 18.0 Å². The Morgan fingerprint density at radius 1 is 1.20 bits per heavy atom. The second kappa shape index (κ2) is 8.60. The number of hydrogen-bond acceptors (Lipinski definition) is 4. The Bertz CT molecular complexity index is 1010. The molecule has 1 N–H and O–H groups in total. The summed E-state index contributed by atoms with van der Waals surface area (Å²) in [5.74, 6) is 1.62. The quantitative estimate of drug-likeness (QED) is 0.630. The van der Waals surface area contributed by atoms with Gasteiger partial charge in [0, 0.05) is 12.0 Å². The number of para-hydroxylation sites is 1. The fourth-order valence-corrected chi connectivity index (χ4v) is 5.73. The monoisotopic (exact) mass is 431 g/mol. The standard InChI is InChI=1S/C24H33NO4S/c1-7-24(8-2)15-20(18-11-9-10-12-21(18)29-24)25-30(26,27)23-14-19(16(3)4)22(28-6)13-17(23)5/h9-14,16,20,25H,7-8,15H2,1-6H3/t20-/m1/s1. The maximum atomic E-state index is 13.5. The van der Waals surface area contributed by atoms with Gasteiger partial charge in [-0.15, -0.1) is 0 Å². The van der Waals surface area contributed by atoms with E-state index in [1.165, 1.54) is 0 Å². The van der Waals surface area contributed by atoms with E-state index in [4.69, 9.17) is 9.47 Å². The normalized spacial score (nSPS) is 18.0. The van der Waals surface area contributed by atoms with E-state index in [1.807, 2.05) is 51.1 Å². The minimum absolute atomic E-state index is 0.145. The minimum Gasteiger partial charge on any atom is -0.496 e. The average Bonchev–Trinajstić information content (AvgIpc) is 2.72. The number of sulfonamides is 1. The highest BCUT2D eigenvalue weighted by Crippen LogP contribution is 2.43. The maximum absolute atomic E-state index is 13.5. The van der Waals surface area contributed by atoms with Gasteiger partial charge in [-0.2, -0.15) is 0 Å². The lowest BCUT2D eigenvalue weighted by Crippen LogP contribution is -2.44. The van der Waals surface area contributed by atoms with Crippen LogP contribution in [0.3, 0.4) is 0 Å². The van der Waals surface area contributed by atoms with Gasteiger partial charge >= 0.3 is 0 Å². The second-order valence-electron chi connectivity index (χ2n) is 8.42. The number of fused-ring (bicyclic) bond motifs is 1. The van der Waals surface area contributed by atoms with Crippen LogP contribution in [0.1, 0.15) is 75.6 Å². The molecule has 0 unspecified atom stereocenters. The molecular weight excluding hydrogens is 398 g/mol. The molecule has 3 rings (SSSR count). The zero-order valence-electron chi connectivity index (χ0n) is 18.8. The lowest BCUT2D eigenvalue weighted by Gasteiger charge is -2.41. The molecule has 30 heavy (non-hydrogen) atoms. The molecule has 6 heteroatoms. The SMILES string of the molecule is CCC1(CC)C[C@@H](NS(=O)(=O)c2cc(C(C)C)c(OC)cc2C)c2ccccc2O1. The molecule has 0 saturated heterocycles. The van der Waals surface area contributed by atoms with E-state index in [2.05, 4.69) is 18.6 Å². The van der Waals surface area contributed by atoms with Gasteiger partial charge in [-0.3, -0.25) is 0 Å². The van der Waals surface area contributed by atoms with Crippen molar-refractivity contribution in [2.75, 3.05) is 7.11 Å². The van der Waals surface area contributed by atoms with Crippen LogP contribution >= 0.6 is 0 Å². The van der Waals surface area contributed by atoms with Crippen molar-refractivity contribution in [1.29, 1.82) is 0 Å². The first-order valence-corrected chi connectivity index (χ1v) is 12.1. The molecule has 1 heterocycles. The largest absolute Gasteiger partial charge is 0.496 e. The third-order valence-electron chi connectivity index (χ3n) is 6.22. The Kier molecular flexibility index (Phi) is 6.48. The molecule has 5 nitrogen and oxygen atoms in total. The molecule has 1 aliphatic rings. The van der Waals surface area contributed by atoms with Crippen LogP contribution in [0.2, 0.25) is 0 Å². The van der Waals surface area contributed by atoms with Crippen LogP contribution in [0.15, 0.2) is 41.3 Å². The van der Waals surface area contributed by atoms with Crippen LogP contribution in [-0.2, 0) is 10.0 Å². The van der Waals surface area contributed by atoms with E-state index in [1.54, 1.807) is 13.2 Å². The number of methoxy groups -OCH3 is 1. The van der Waals surface area contributed by atoms with Gasteiger partial charge in [0.15, 0.2) is 0 Å². The third kappa shape index (κ3) is 4.21. The van der Waals surface area contributed by atoms with E-state index in [9.17, 15) is 8.42 Å². The summed E-state index contributed by atoms with van der Waals surface area (Å²) < 4.78 is 41.8. The molecule has 0 saturated carbocycles.